The molecule has 8 heteroatoms. The Bertz CT molecular complexity index is 1180. The highest BCUT2D eigenvalue weighted by Crippen LogP contribution is 2.40. The average Bonchev–Trinajstić information content (AvgIpc) is 3.34. The van der Waals surface area contributed by atoms with E-state index in [4.69, 9.17) is 4.74 Å². The number of esters is 1. The monoisotopic (exact) mass is 463 g/mol. The summed E-state index contributed by atoms with van der Waals surface area (Å²) >= 11 is 0. The average molecular weight is 464 g/mol. The molecule has 2 aromatic carbocycles. The molecule has 34 heavy (non-hydrogen) atoms. The van der Waals surface area contributed by atoms with Gasteiger partial charge in [0.2, 0.25) is 5.91 Å². The molecule has 5 rings (SSSR count). The predicted molar refractivity (Wildman–Crippen MR) is 125 cm³/mol. The van der Waals surface area contributed by atoms with Crippen molar-refractivity contribution in [2.75, 3.05) is 13.7 Å². The fourth-order valence-electron chi connectivity index (χ4n) is 5.92. The summed E-state index contributed by atoms with van der Waals surface area (Å²) in [5.41, 5.74) is -0.623. The van der Waals surface area contributed by atoms with E-state index in [1.807, 2.05) is 42.5 Å². The summed E-state index contributed by atoms with van der Waals surface area (Å²) in [6.07, 6.45) is 4.41. The van der Waals surface area contributed by atoms with Gasteiger partial charge in [0, 0.05) is 6.04 Å². The molecule has 3 fully saturated rings. The van der Waals surface area contributed by atoms with Crippen LogP contribution < -0.4 is 5.32 Å². The molecule has 0 spiro atoms. The lowest BCUT2D eigenvalue weighted by Gasteiger charge is -2.34. The number of carbonyl (C=O) groups excluding carboxylic acids is 4. The maximum absolute atomic E-state index is 13.5. The Kier molecular flexibility index (Phi) is 5.54. The largest absolute Gasteiger partial charge is 0.467 e. The van der Waals surface area contributed by atoms with E-state index in [0.717, 1.165) is 41.4 Å². The van der Waals surface area contributed by atoms with E-state index in [1.165, 1.54) is 7.11 Å². The van der Waals surface area contributed by atoms with Crippen LogP contribution in [0.3, 0.4) is 0 Å². The zero-order valence-electron chi connectivity index (χ0n) is 19.5. The van der Waals surface area contributed by atoms with Crippen LogP contribution >= 0.6 is 0 Å². The van der Waals surface area contributed by atoms with Crippen LogP contribution in [0.5, 0.6) is 0 Å². The van der Waals surface area contributed by atoms with Gasteiger partial charge in [0.05, 0.1) is 7.11 Å². The van der Waals surface area contributed by atoms with Gasteiger partial charge >= 0.3 is 12.0 Å². The number of amides is 4. The first-order valence-corrected chi connectivity index (χ1v) is 11.9. The number of nitrogens with one attached hydrogen (secondary N) is 1. The van der Waals surface area contributed by atoms with E-state index in [9.17, 15) is 19.2 Å². The minimum absolute atomic E-state index is 0.0574. The number of carbonyl (C=O) groups is 4. The van der Waals surface area contributed by atoms with Gasteiger partial charge in [0.15, 0.2) is 0 Å². The van der Waals surface area contributed by atoms with Crippen LogP contribution in [0.25, 0.3) is 10.8 Å². The molecule has 2 saturated heterocycles. The quantitative estimate of drug-likeness (QED) is 0.556. The van der Waals surface area contributed by atoms with Crippen molar-refractivity contribution in [2.24, 2.45) is 5.92 Å². The lowest BCUT2D eigenvalue weighted by atomic mass is 9.85. The molecule has 8 nitrogen and oxygen atoms in total. The van der Waals surface area contributed by atoms with E-state index in [1.54, 1.807) is 11.8 Å². The first-order valence-electron chi connectivity index (χ1n) is 11.9. The summed E-state index contributed by atoms with van der Waals surface area (Å²) in [6, 6.07) is 12.1. The molecule has 0 aromatic heterocycles. The van der Waals surface area contributed by atoms with Gasteiger partial charge < -0.3 is 15.0 Å². The molecule has 0 radical (unpaired) electrons. The van der Waals surface area contributed by atoms with Crippen LogP contribution in [0.2, 0.25) is 0 Å². The minimum atomic E-state index is -1.28. The number of likely N-dealkylation sites (tertiary alicyclic amines) is 1. The van der Waals surface area contributed by atoms with E-state index < -0.39 is 41.9 Å². The normalized spacial score (nSPS) is 28.7. The molecule has 4 amide bonds. The Morgan fingerprint density at radius 1 is 1.09 bits per heavy atom. The van der Waals surface area contributed by atoms with Crippen LogP contribution in [-0.4, -0.2) is 59.4 Å². The van der Waals surface area contributed by atoms with Gasteiger partial charge in [-0.1, -0.05) is 49.2 Å². The van der Waals surface area contributed by atoms with Crippen molar-refractivity contribution in [1.29, 1.82) is 0 Å². The maximum atomic E-state index is 13.5. The van der Waals surface area contributed by atoms with Crippen molar-refractivity contribution in [3.05, 3.63) is 48.0 Å². The van der Waals surface area contributed by atoms with Crippen LogP contribution in [0.15, 0.2) is 42.5 Å². The van der Waals surface area contributed by atoms with Gasteiger partial charge in [-0.25, -0.2) is 9.59 Å². The number of methoxy groups -OCH3 is 1. The summed E-state index contributed by atoms with van der Waals surface area (Å²) < 4.78 is 4.97. The Morgan fingerprint density at radius 3 is 2.59 bits per heavy atom. The second-order valence-electron chi connectivity index (χ2n) is 9.70. The molecule has 2 heterocycles. The number of ether oxygens (including phenoxy) is 1. The SMILES string of the molecule is COC(=O)C1CC2CCCCC2N1C(=O)CN1C(=O)NC(C)(c2ccc3ccccc3c2)C1=O. The summed E-state index contributed by atoms with van der Waals surface area (Å²) in [5, 5.41) is 4.77. The van der Waals surface area contributed by atoms with Crippen molar-refractivity contribution in [3.8, 4) is 0 Å². The molecule has 0 bridgehead atoms. The third-order valence-electron chi connectivity index (χ3n) is 7.74. The Morgan fingerprint density at radius 2 is 1.82 bits per heavy atom. The molecule has 4 unspecified atom stereocenters. The van der Waals surface area contributed by atoms with Crippen molar-refractivity contribution in [2.45, 2.75) is 56.7 Å². The van der Waals surface area contributed by atoms with Gasteiger partial charge in [-0.2, -0.15) is 0 Å². The molecule has 1 aliphatic carbocycles. The summed E-state index contributed by atoms with van der Waals surface area (Å²) in [6.45, 7) is 1.26. The maximum Gasteiger partial charge on any atom is 0.328 e. The Labute approximate surface area is 198 Å². The molecule has 3 aliphatic rings. The van der Waals surface area contributed by atoms with Crippen LogP contribution in [0, 0.1) is 5.92 Å². The molecule has 4 atom stereocenters. The third-order valence-corrected chi connectivity index (χ3v) is 7.74. The van der Waals surface area contributed by atoms with Crippen LogP contribution in [0.4, 0.5) is 4.79 Å². The Hall–Kier alpha value is -3.42. The van der Waals surface area contributed by atoms with E-state index >= 15 is 0 Å². The molecular formula is C26H29N3O5. The number of fused-ring (bicyclic) bond motifs is 2. The van der Waals surface area contributed by atoms with Gasteiger partial charge in [0.1, 0.15) is 18.1 Å². The second kappa shape index (κ2) is 8.42. The summed E-state index contributed by atoms with van der Waals surface area (Å²) in [5.74, 6) is -1.07. The van der Waals surface area contributed by atoms with E-state index in [-0.39, 0.29) is 12.0 Å². The van der Waals surface area contributed by atoms with Crippen LogP contribution in [-0.2, 0) is 24.7 Å². The minimum Gasteiger partial charge on any atom is -0.467 e. The molecule has 178 valence electrons. The second-order valence-corrected chi connectivity index (χ2v) is 9.70. The standard InChI is InChI=1S/C26H29N3O5/c1-26(19-12-11-16-7-3-4-8-17(16)13-19)24(32)28(25(33)27-26)15-22(30)29-20-10-6-5-9-18(20)14-21(29)23(31)34-2/h3-4,7-8,11-13,18,20-21H,5-6,9-10,14-15H2,1-2H3,(H,27,33). The van der Waals surface area contributed by atoms with Crippen molar-refractivity contribution < 1.29 is 23.9 Å². The highest BCUT2D eigenvalue weighted by atomic mass is 16.5. The molecule has 2 aromatic rings. The molecule has 2 aliphatic heterocycles. The van der Waals surface area contributed by atoms with Crippen LogP contribution in [0.1, 0.15) is 44.6 Å². The fourth-order valence-corrected chi connectivity index (χ4v) is 5.92. The number of benzene rings is 2. The zero-order chi connectivity index (χ0) is 24.0. The van der Waals surface area contributed by atoms with E-state index in [0.29, 0.717) is 12.0 Å². The molecule has 1 saturated carbocycles. The van der Waals surface area contributed by atoms with Gasteiger partial charge in [-0.3, -0.25) is 14.5 Å². The number of hydrogen-bond acceptors (Lipinski definition) is 5. The van der Waals surface area contributed by atoms with Gasteiger partial charge in [-0.05, 0) is 54.5 Å². The predicted octanol–water partition coefficient (Wildman–Crippen LogP) is 2.94. The number of nitrogens with zero attached hydrogens (tertiary/aromatic N) is 2. The lowest BCUT2D eigenvalue weighted by molar-refractivity contribution is -0.153. The lowest BCUT2D eigenvalue weighted by Crippen LogP contribution is -2.51. The van der Waals surface area contributed by atoms with Crippen molar-refractivity contribution in [3.63, 3.8) is 0 Å². The Balaban J connectivity index is 1.39. The first-order chi connectivity index (χ1) is 16.3. The number of urea groups is 1. The molecular weight excluding hydrogens is 434 g/mol. The first kappa shape index (κ1) is 22.4. The van der Waals surface area contributed by atoms with Gasteiger partial charge in [-0.15, -0.1) is 0 Å². The number of rotatable bonds is 4. The molecule has 1 N–H and O–H groups in total. The smallest absolute Gasteiger partial charge is 0.328 e. The van der Waals surface area contributed by atoms with Crippen molar-refractivity contribution >= 4 is 34.6 Å². The topological polar surface area (TPSA) is 96.0 Å². The van der Waals surface area contributed by atoms with Gasteiger partial charge in [0.25, 0.3) is 5.91 Å². The third kappa shape index (κ3) is 3.52. The van der Waals surface area contributed by atoms with Crippen molar-refractivity contribution in [1.82, 2.24) is 15.1 Å². The fraction of sp³-hybridized carbons (Fsp3) is 0.462. The van der Waals surface area contributed by atoms with E-state index in [2.05, 4.69) is 5.32 Å². The highest BCUT2D eigenvalue weighted by molar-refractivity contribution is 6.09. The zero-order valence-corrected chi connectivity index (χ0v) is 19.5. The number of hydrogen-bond donors (Lipinski definition) is 1. The number of imide groups is 1. The summed E-state index contributed by atoms with van der Waals surface area (Å²) in [4.78, 5) is 54.8. The highest BCUT2D eigenvalue weighted by Gasteiger charge is 2.52. The summed E-state index contributed by atoms with van der Waals surface area (Å²) in [7, 11) is 1.32.